The Morgan fingerprint density at radius 3 is 2.70 bits per heavy atom. The van der Waals surface area contributed by atoms with Crippen molar-refractivity contribution in [3.63, 3.8) is 0 Å². The number of benzene rings is 1. The van der Waals surface area contributed by atoms with E-state index in [1.807, 2.05) is 31.3 Å². The highest BCUT2D eigenvalue weighted by molar-refractivity contribution is 6.30. The molecule has 128 valence electrons. The van der Waals surface area contributed by atoms with E-state index in [1.165, 1.54) is 19.3 Å². The van der Waals surface area contributed by atoms with Gasteiger partial charge in [-0.25, -0.2) is 0 Å². The van der Waals surface area contributed by atoms with Gasteiger partial charge < -0.3 is 15.0 Å². The van der Waals surface area contributed by atoms with Crippen LogP contribution < -0.4 is 15.0 Å². The number of halogens is 1. The van der Waals surface area contributed by atoms with E-state index in [0.717, 1.165) is 23.6 Å². The average molecular weight is 340 g/mol. The van der Waals surface area contributed by atoms with E-state index in [-0.39, 0.29) is 5.91 Å². The van der Waals surface area contributed by atoms with Crippen LogP contribution in [0.15, 0.2) is 24.3 Å². The summed E-state index contributed by atoms with van der Waals surface area (Å²) in [4.78, 5) is 13.3. The fraction of sp³-hybridized carbons (Fsp3) is 0.611. The van der Waals surface area contributed by atoms with Crippen LogP contribution in [-0.2, 0) is 4.79 Å². The zero-order valence-corrected chi connectivity index (χ0v) is 14.9. The highest BCUT2D eigenvalue weighted by atomic mass is 35.5. The third-order valence-corrected chi connectivity index (χ3v) is 4.78. The fourth-order valence-electron chi connectivity index (χ4n) is 3.02. The molecule has 4 nitrogen and oxygen atoms in total. The summed E-state index contributed by atoms with van der Waals surface area (Å²) in [6, 6.07) is 7.69. The normalized spacial score (nSPS) is 22.4. The van der Waals surface area contributed by atoms with Crippen molar-refractivity contribution in [3.8, 4) is 5.75 Å². The predicted molar refractivity (Wildman–Crippen MR) is 93.1 cm³/mol. The number of hydrogen-bond acceptors (Lipinski definition) is 2. The molecule has 1 aromatic rings. The number of nitrogens with one attached hydrogen (secondary N) is 2. The van der Waals surface area contributed by atoms with Crippen molar-refractivity contribution >= 4 is 17.5 Å². The summed E-state index contributed by atoms with van der Waals surface area (Å²) in [6.07, 6.45) is 4.86. The molecule has 1 fully saturated rings. The van der Waals surface area contributed by atoms with Crippen LogP contribution in [-0.4, -0.2) is 38.7 Å². The van der Waals surface area contributed by atoms with Gasteiger partial charge in [-0.05, 0) is 43.0 Å². The SMILES string of the molecule is C[C@@H]1CCCC[C@@H]1NC(=O)C[NH+](C)CCOc1ccc(Cl)cc1. The van der Waals surface area contributed by atoms with Crippen molar-refractivity contribution in [2.75, 3.05) is 26.7 Å². The lowest BCUT2D eigenvalue weighted by molar-refractivity contribution is -0.871. The van der Waals surface area contributed by atoms with Gasteiger partial charge in [0, 0.05) is 11.1 Å². The first kappa shape index (κ1) is 18.1. The Morgan fingerprint density at radius 2 is 2.00 bits per heavy atom. The van der Waals surface area contributed by atoms with E-state index >= 15 is 0 Å². The van der Waals surface area contributed by atoms with Gasteiger partial charge in [0.25, 0.3) is 5.91 Å². The number of likely N-dealkylation sites (N-methyl/N-ethyl adjacent to an activating group) is 1. The van der Waals surface area contributed by atoms with Crippen molar-refractivity contribution in [1.82, 2.24) is 5.32 Å². The first-order valence-electron chi connectivity index (χ1n) is 8.53. The second kappa shape index (κ2) is 9.14. The van der Waals surface area contributed by atoms with Crippen LogP contribution in [0, 0.1) is 5.92 Å². The first-order valence-corrected chi connectivity index (χ1v) is 8.91. The lowest BCUT2D eigenvalue weighted by Gasteiger charge is -2.29. The van der Waals surface area contributed by atoms with E-state index in [1.54, 1.807) is 0 Å². The second-order valence-corrected chi connectivity index (χ2v) is 7.06. The van der Waals surface area contributed by atoms with Crippen molar-refractivity contribution < 1.29 is 14.4 Å². The van der Waals surface area contributed by atoms with Gasteiger partial charge in [-0.3, -0.25) is 4.79 Å². The Balaban J connectivity index is 1.64. The highest BCUT2D eigenvalue weighted by Crippen LogP contribution is 2.23. The van der Waals surface area contributed by atoms with Gasteiger partial charge >= 0.3 is 0 Å². The molecule has 0 spiro atoms. The van der Waals surface area contributed by atoms with Gasteiger partial charge in [0.15, 0.2) is 6.54 Å². The molecule has 1 aromatic carbocycles. The van der Waals surface area contributed by atoms with Gasteiger partial charge in [-0.1, -0.05) is 31.4 Å². The molecule has 1 amide bonds. The van der Waals surface area contributed by atoms with Crippen LogP contribution in [0.3, 0.4) is 0 Å². The smallest absolute Gasteiger partial charge is 0.275 e. The molecule has 3 atom stereocenters. The van der Waals surface area contributed by atoms with Crippen LogP contribution >= 0.6 is 11.6 Å². The van der Waals surface area contributed by atoms with Crippen molar-refractivity contribution in [3.05, 3.63) is 29.3 Å². The van der Waals surface area contributed by atoms with Gasteiger partial charge in [-0.2, -0.15) is 0 Å². The molecule has 1 saturated carbocycles. The third kappa shape index (κ3) is 6.40. The molecule has 0 bridgehead atoms. The Morgan fingerprint density at radius 1 is 1.30 bits per heavy atom. The molecule has 0 radical (unpaired) electrons. The zero-order valence-electron chi connectivity index (χ0n) is 14.1. The predicted octanol–water partition coefficient (Wildman–Crippen LogP) is 1.93. The largest absolute Gasteiger partial charge is 0.488 e. The maximum absolute atomic E-state index is 12.2. The van der Waals surface area contributed by atoms with E-state index in [4.69, 9.17) is 16.3 Å². The average Bonchev–Trinajstić information content (AvgIpc) is 2.51. The van der Waals surface area contributed by atoms with Crippen LogP contribution in [0.1, 0.15) is 32.6 Å². The molecule has 23 heavy (non-hydrogen) atoms. The lowest BCUT2D eigenvalue weighted by Crippen LogP contribution is -3.10. The molecule has 0 aliphatic heterocycles. The second-order valence-electron chi connectivity index (χ2n) is 6.62. The van der Waals surface area contributed by atoms with Crippen LogP contribution in [0.2, 0.25) is 5.02 Å². The minimum absolute atomic E-state index is 0.146. The van der Waals surface area contributed by atoms with E-state index in [9.17, 15) is 4.79 Å². The Hall–Kier alpha value is -1.26. The number of ether oxygens (including phenoxy) is 1. The molecule has 0 aromatic heterocycles. The van der Waals surface area contributed by atoms with Gasteiger partial charge in [0.2, 0.25) is 0 Å². The standard InChI is InChI=1S/C18H27ClN2O2/c1-14-5-3-4-6-17(14)20-18(22)13-21(2)11-12-23-16-9-7-15(19)8-10-16/h7-10,14,17H,3-6,11-13H2,1-2H3,(H,20,22)/p+1/t14-,17+/m1/s1. The van der Waals surface area contributed by atoms with Gasteiger partial charge in [0.1, 0.15) is 18.9 Å². The summed E-state index contributed by atoms with van der Waals surface area (Å²) in [5, 5.41) is 3.90. The Bertz CT molecular complexity index is 492. The quantitative estimate of drug-likeness (QED) is 0.797. The molecule has 0 saturated heterocycles. The minimum Gasteiger partial charge on any atom is -0.488 e. The number of rotatable bonds is 7. The molecule has 1 unspecified atom stereocenters. The van der Waals surface area contributed by atoms with Gasteiger partial charge in [-0.15, -0.1) is 0 Å². The summed E-state index contributed by atoms with van der Waals surface area (Å²) in [6.45, 7) is 4.10. The zero-order chi connectivity index (χ0) is 16.7. The lowest BCUT2D eigenvalue weighted by atomic mass is 9.86. The van der Waals surface area contributed by atoms with Crippen LogP contribution in [0.25, 0.3) is 0 Å². The minimum atomic E-state index is 0.146. The maximum Gasteiger partial charge on any atom is 0.275 e. The van der Waals surface area contributed by atoms with Gasteiger partial charge in [0.05, 0.1) is 7.05 Å². The summed E-state index contributed by atoms with van der Waals surface area (Å²) in [5.41, 5.74) is 0. The number of hydrogen-bond donors (Lipinski definition) is 2. The van der Waals surface area contributed by atoms with E-state index < -0.39 is 0 Å². The Labute approximate surface area is 144 Å². The maximum atomic E-state index is 12.2. The number of carbonyl (C=O) groups is 1. The number of amides is 1. The highest BCUT2D eigenvalue weighted by Gasteiger charge is 2.23. The number of carbonyl (C=O) groups excluding carboxylic acids is 1. The topological polar surface area (TPSA) is 42.8 Å². The molecular weight excluding hydrogens is 312 g/mol. The summed E-state index contributed by atoms with van der Waals surface area (Å²) >= 11 is 5.84. The summed E-state index contributed by atoms with van der Waals surface area (Å²) < 4.78 is 5.67. The van der Waals surface area contributed by atoms with E-state index in [0.29, 0.717) is 30.1 Å². The first-order chi connectivity index (χ1) is 11.0. The molecule has 2 rings (SSSR count). The molecule has 1 aliphatic rings. The number of quaternary nitrogens is 1. The third-order valence-electron chi connectivity index (χ3n) is 4.53. The molecule has 1 aliphatic carbocycles. The molecule has 5 heteroatoms. The molecule has 2 N–H and O–H groups in total. The molecular formula is C18H28ClN2O2+. The van der Waals surface area contributed by atoms with Crippen LogP contribution in [0.4, 0.5) is 0 Å². The fourth-order valence-corrected chi connectivity index (χ4v) is 3.15. The van der Waals surface area contributed by atoms with Crippen molar-refractivity contribution in [2.45, 2.75) is 38.6 Å². The Kier molecular flexibility index (Phi) is 7.18. The summed E-state index contributed by atoms with van der Waals surface area (Å²) in [5.74, 6) is 1.55. The summed E-state index contributed by atoms with van der Waals surface area (Å²) in [7, 11) is 2.02. The monoisotopic (exact) mass is 339 g/mol. The molecule has 0 heterocycles. The van der Waals surface area contributed by atoms with Crippen molar-refractivity contribution in [2.24, 2.45) is 5.92 Å². The van der Waals surface area contributed by atoms with Crippen LogP contribution in [0.5, 0.6) is 5.75 Å². The van der Waals surface area contributed by atoms with Crippen molar-refractivity contribution in [1.29, 1.82) is 0 Å². The van der Waals surface area contributed by atoms with E-state index in [2.05, 4.69) is 12.2 Å².